The van der Waals surface area contributed by atoms with Gasteiger partial charge >= 0.3 is 5.97 Å². The zero-order valence-corrected chi connectivity index (χ0v) is 15.2. The molecule has 1 aliphatic carbocycles. The van der Waals surface area contributed by atoms with Crippen molar-refractivity contribution in [3.05, 3.63) is 35.9 Å². The van der Waals surface area contributed by atoms with Gasteiger partial charge < -0.3 is 14.7 Å². The van der Waals surface area contributed by atoms with Crippen molar-refractivity contribution in [2.45, 2.75) is 42.7 Å². The van der Waals surface area contributed by atoms with Crippen molar-refractivity contribution in [3.8, 4) is 0 Å². The largest absolute Gasteiger partial charge is 0.481 e. The first kappa shape index (κ1) is 17.5. The lowest BCUT2D eigenvalue weighted by atomic mass is 9.71. The lowest BCUT2D eigenvalue weighted by Crippen LogP contribution is -2.66. The number of amides is 1. The van der Waals surface area contributed by atoms with Crippen molar-refractivity contribution in [1.82, 2.24) is 9.80 Å². The molecule has 2 atom stereocenters. The summed E-state index contributed by atoms with van der Waals surface area (Å²) in [6.45, 7) is 2.25. The highest BCUT2D eigenvalue weighted by Crippen LogP contribution is 2.47. The summed E-state index contributed by atoms with van der Waals surface area (Å²) in [6.07, 6.45) is 2.96. The molecule has 0 aromatic heterocycles. The van der Waals surface area contributed by atoms with Crippen LogP contribution in [0.4, 0.5) is 0 Å². The smallest absolute Gasteiger partial charge is 0.305 e. The monoisotopic (exact) mass is 358 g/mol. The fourth-order valence-electron chi connectivity index (χ4n) is 5.00. The van der Waals surface area contributed by atoms with E-state index >= 15 is 0 Å². The molecule has 140 valence electrons. The summed E-state index contributed by atoms with van der Waals surface area (Å²) in [7, 11) is 1.83. The molecule has 3 aliphatic rings. The second-order valence-corrected chi connectivity index (χ2v) is 7.96. The van der Waals surface area contributed by atoms with Gasteiger partial charge in [0.25, 0.3) is 5.91 Å². The van der Waals surface area contributed by atoms with E-state index in [-0.39, 0.29) is 23.8 Å². The van der Waals surface area contributed by atoms with Gasteiger partial charge in [-0.25, -0.2) is 0 Å². The molecule has 2 aliphatic heterocycles. The molecule has 2 heterocycles. The number of nitrogens with zero attached hydrogens (tertiary/aromatic N) is 2. The van der Waals surface area contributed by atoms with Crippen LogP contribution in [0, 0.1) is 0 Å². The number of carbonyl (C=O) groups excluding carboxylic acids is 1. The Bertz CT molecular complexity index is 703. The van der Waals surface area contributed by atoms with Crippen LogP contribution in [0.2, 0.25) is 0 Å². The zero-order valence-electron chi connectivity index (χ0n) is 15.2. The van der Waals surface area contributed by atoms with Crippen LogP contribution in [0.3, 0.4) is 0 Å². The van der Waals surface area contributed by atoms with E-state index in [0.29, 0.717) is 26.2 Å². The number of ether oxygens (including phenoxy) is 1. The van der Waals surface area contributed by atoms with E-state index in [0.717, 1.165) is 24.8 Å². The molecule has 6 heteroatoms. The van der Waals surface area contributed by atoms with Gasteiger partial charge in [0.2, 0.25) is 0 Å². The third-order valence-electron chi connectivity index (χ3n) is 6.51. The number of hydrogen-bond acceptors (Lipinski definition) is 4. The zero-order chi connectivity index (χ0) is 18.4. The topological polar surface area (TPSA) is 70.1 Å². The Hall–Kier alpha value is -1.92. The van der Waals surface area contributed by atoms with Crippen LogP contribution < -0.4 is 0 Å². The van der Waals surface area contributed by atoms with Crippen LogP contribution in [-0.2, 0) is 14.3 Å². The van der Waals surface area contributed by atoms with E-state index in [1.807, 2.05) is 25.2 Å². The number of aliphatic carboxylic acids is 1. The summed E-state index contributed by atoms with van der Waals surface area (Å²) in [5.41, 5.74) is -0.117. The first-order chi connectivity index (χ1) is 12.5. The maximum atomic E-state index is 13.1. The number of carbonyl (C=O) groups is 2. The second kappa shape index (κ2) is 6.35. The first-order valence-electron chi connectivity index (χ1n) is 9.38. The highest BCUT2D eigenvalue weighted by molar-refractivity contribution is 5.89. The van der Waals surface area contributed by atoms with Crippen molar-refractivity contribution in [2.75, 3.05) is 33.3 Å². The van der Waals surface area contributed by atoms with Crippen molar-refractivity contribution < 1.29 is 19.4 Å². The van der Waals surface area contributed by atoms with Gasteiger partial charge in [-0.3, -0.25) is 14.5 Å². The van der Waals surface area contributed by atoms with E-state index in [9.17, 15) is 14.7 Å². The summed E-state index contributed by atoms with van der Waals surface area (Å²) >= 11 is 0. The summed E-state index contributed by atoms with van der Waals surface area (Å²) in [6, 6.07) is 10.1. The molecule has 1 amide bonds. The van der Waals surface area contributed by atoms with Gasteiger partial charge in [0, 0.05) is 38.1 Å². The molecule has 0 radical (unpaired) electrons. The number of hydrogen-bond donors (Lipinski definition) is 1. The maximum Gasteiger partial charge on any atom is 0.305 e. The number of carboxylic acid groups (broad SMARTS) is 1. The first-order valence-corrected chi connectivity index (χ1v) is 9.38. The summed E-state index contributed by atoms with van der Waals surface area (Å²) in [5, 5.41) is 9.39. The van der Waals surface area contributed by atoms with E-state index < -0.39 is 11.6 Å². The van der Waals surface area contributed by atoms with Crippen LogP contribution in [0.1, 0.15) is 37.2 Å². The van der Waals surface area contributed by atoms with Crippen molar-refractivity contribution in [3.63, 3.8) is 0 Å². The number of rotatable bonds is 4. The number of likely N-dealkylation sites (N-methyl/N-ethyl adjacent to an activating group) is 1. The molecular weight excluding hydrogens is 332 g/mol. The molecule has 1 spiro atoms. The molecule has 1 aromatic carbocycles. The Morgan fingerprint density at radius 2 is 2.04 bits per heavy atom. The molecule has 26 heavy (non-hydrogen) atoms. The fourth-order valence-corrected chi connectivity index (χ4v) is 5.00. The Balaban J connectivity index is 1.67. The van der Waals surface area contributed by atoms with Crippen molar-refractivity contribution in [1.29, 1.82) is 0 Å². The van der Waals surface area contributed by atoms with Gasteiger partial charge in [-0.2, -0.15) is 0 Å². The molecule has 1 saturated carbocycles. The summed E-state index contributed by atoms with van der Waals surface area (Å²) < 4.78 is 6.19. The number of carboxylic acids is 1. The van der Waals surface area contributed by atoms with Crippen molar-refractivity contribution in [2.24, 2.45) is 0 Å². The van der Waals surface area contributed by atoms with Gasteiger partial charge in [-0.15, -0.1) is 0 Å². The Morgan fingerprint density at radius 3 is 2.65 bits per heavy atom. The Morgan fingerprint density at radius 1 is 1.31 bits per heavy atom. The number of benzene rings is 1. The van der Waals surface area contributed by atoms with Gasteiger partial charge in [0.05, 0.1) is 13.0 Å². The standard InChI is InChI=1S/C20H26N2O4/c1-21-13-16(15-6-3-2-4-7-15)20(18(21)25)14-22(10-11-26-20)19(8-5-9-19)12-17(23)24/h2-4,6-7,16H,5,8-14H2,1H3,(H,23,24). The third-order valence-corrected chi connectivity index (χ3v) is 6.51. The van der Waals surface area contributed by atoms with Crippen molar-refractivity contribution >= 4 is 11.9 Å². The molecule has 0 bridgehead atoms. The van der Waals surface area contributed by atoms with Gasteiger partial charge in [-0.1, -0.05) is 30.3 Å². The highest BCUT2D eigenvalue weighted by atomic mass is 16.5. The molecule has 1 aromatic rings. The van der Waals surface area contributed by atoms with E-state index in [1.165, 1.54) is 0 Å². The van der Waals surface area contributed by atoms with E-state index in [4.69, 9.17) is 4.74 Å². The normalized spacial score (nSPS) is 31.2. The summed E-state index contributed by atoms with van der Waals surface area (Å²) in [5.74, 6) is -0.786. The maximum absolute atomic E-state index is 13.1. The quantitative estimate of drug-likeness (QED) is 0.887. The molecule has 4 rings (SSSR count). The number of likely N-dealkylation sites (tertiary alicyclic amines) is 1. The predicted molar refractivity (Wildman–Crippen MR) is 95.9 cm³/mol. The average molecular weight is 358 g/mol. The lowest BCUT2D eigenvalue weighted by Gasteiger charge is -2.54. The molecule has 2 unspecified atom stereocenters. The predicted octanol–water partition coefficient (Wildman–Crippen LogP) is 1.71. The minimum Gasteiger partial charge on any atom is -0.481 e. The minimum absolute atomic E-state index is 0.0147. The number of morpholine rings is 1. The Kier molecular flexibility index (Phi) is 4.28. The fraction of sp³-hybridized carbons (Fsp3) is 0.600. The molecular formula is C20H26N2O4. The van der Waals surface area contributed by atoms with Gasteiger partial charge in [-0.05, 0) is 24.8 Å². The van der Waals surface area contributed by atoms with Crippen LogP contribution in [-0.4, -0.2) is 71.2 Å². The molecule has 6 nitrogen and oxygen atoms in total. The summed E-state index contributed by atoms with van der Waals surface area (Å²) in [4.78, 5) is 28.6. The van der Waals surface area contributed by atoms with E-state index in [1.54, 1.807) is 4.90 Å². The molecule has 2 saturated heterocycles. The highest BCUT2D eigenvalue weighted by Gasteiger charge is 2.59. The SMILES string of the molecule is CN1CC(c2ccccc2)C2(CN(C3(CC(=O)O)CCC3)CCO2)C1=O. The van der Waals surface area contributed by atoms with Crippen LogP contribution in [0.5, 0.6) is 0 Å². The van der Waals surface area contributed by atoms with Crippen LogP contribution in [0.25, 0.3) is 0 Å². The lowest BCUT2D eigenvalue weighted by molar-refractivity contribution is -0.177. The average Bonchev–Trinajstić information content (AvgIpc) is 2.84. The van der Waals surface area contributed by atoms with Gasteiger partial charge in [0.1, 0.15) is 0 Å². The van der Waals surface area contributed by atoms with Gasteiger partial charge in [0.15, 0.2) is 5.60 Å². The molecule has 1 N–H and O–H groups in total. The Labute approximate surface area is 153 Å². The van der Waals surface area contributed by atoms with Crippen LogP contribution >= 0.6 is 0 Å². The molecule has 3 fully saturated rings. The third kappa shape index (κ3) is 2.63. The second-order valence-electron chi connectivity index (χ2n) is 7.96. The van der Waals surface area contributed by atoms with E-state index in [2.05, 4.69) is 17.0 Å². The minimum atomic E-state index is -0.907. The van der Waals surface area contributed by atoms with Crippen LogP contribution in [0.15, 0.2) is 30.3 Å².